The van der Waals surface area contributed by atoms with Crippen LogP contribution in [0.15, 0.2) is 66.0 Å². The van der Waals surface area contributed by atoms with Gasteiger partial charge in [-0.2, -0.15) is 0 Å². The van der Waals surface area contributed by atoms with E-state index < -0.39 is 5.82 Å². The molecule has 34 heavy (non-hydrogen) atoms. The van der Waals surface area contributed by atoms with Crippen LogP contribution < -0.4 is 5.32 Å². The summed E-state index contributed by atoms with van der Waals surface area (Å²) in [5.41, 5.74) is 1.03. The van der Waals surface area contributed by atoms with E-state index in [-0.39, 0.29) is 23.4 Å². The number of hydrogen-bond donors (Lipinski definition) is 1. The number of halogens is 2. The van der Waals surface area contributed by atoms with Gasteiger partial charge in [-0.15, -0.1) is 11.3 Å². The van der Waals surface area contributed by atoms with Crippen LogP contribution in [-0.2, 0) is 6.54 Å². The topological polar surface area (TPSA) is 55.9 Å². The highest BCUT2D eigenvalue weighted by Crippen LogP contribution is 2.16. The van der Waals surface area contributed by atoms with Crippen LogP contribution in [0.4, 0.5) is 19.3 Å². The second-order valence-corrected chi connectivity index (χ2v) is 9.02. The Bertz CT molecular complexity index is 1100. The van der Waals surface area contributed by atoms with Crippen molar-refractivity contribution in [2.45, 2.75) is 6.54 Å². The van der Waals surface area contributed by atoms with Crippen molar-refractivity contribution in [2.75, 3.05) is 44.6 Å². The molecule has 3 amide bonds. The molecule has 6 nitrogen and oxygen atoms in total. The quantitative estimate of drug-likeness (QED) is 0.537. The van der Waals surface area contributed by atoms with E-state index in [1.807, 2.05) is 11.4 Å². The average molecular weight is 485 g/mol. The molecule has 0 spiro atoms. The molecule has 178 valence electrons. The summed E-state index contributed by atoms with van der Waals surface area (Å²) in [5, 5.41) is 4.49. The van der Waals surface area contributed by atoms with Crippen molar-refractivity contribution in [2.24, 2.45) is 0 Å². The lowest BCUT2D eigenvalue weighted by atomic mass is 10.2. The fourth-order valence-corrected chi connectivity index (χ4v) is 4.50. The van der Waals surface area contributed by atoms with Crippen molar-refractivity contribution >= 4 is 29.0 Å². The number of amides is 3. The number of piperazine rings is 1. The zero-order valence-electron chi connectivity index (χ0n) is 18.6. The highest BCUT2D eigenvalue weighted by molar-refractivity contribution is 7.12. The summed E-state index contributed by atoms with van der Waals surface area (Å²) in [6.45, 7) is 3.89. The number of nitrogens with zero attached hydrogens (tertiary/aromatic N) is 3. The standard InChI is InChI=1S/C25H26F2N4O2S/c26-20-9-7-19(8-10-20)18-31(24(32)23-6-3-17-34-23)16-13-29-11-14-30(15-12-29)25(33)28-22-5-2-1-4-21(22)27/h1-10,17H,11-16,18H2,(H,28,33). The third-order valence-electron chi connectivity index (χ3n) is 5.77. The highest BCUT2D eigenvalue weighted by Gasteiger charge is 2.23. The van der Waals surface area contributed by atoms with Gasteiger partial charge in [-0.1, -0.05) is 30.3 Å². The Morgan fingerprint density at radius 2 is 1.68 bits per heavy atom. The molecule has 9 heteroatoms. The van der Waals surface area contributed by atoms with Gasteiger partial charge in [-0.05, 0) is 41.3 Å². The van der Waals surface area contributed by atoms with Crippen LogP contribution in [0.2, 0.25) is 0 Å². The number of carbonyl (C=O) groups is 2. The van der Waals surface area contributed by atoms with Gasteiger partial charge in [0.2, 0.25) is 0 Å². The van der Waals surface area contributed by atoms with Gasteiger partial charge in [-0.25, -0.2) is 13.6 Å². The van der Waals surface area contributed by atoms with Gasteiger partial charge in [-0.3, -0.25) is 9.69 Å². The summed E-state index contributed by atoms with van der Waals surface area (Å²) in [7, 11) is 0. The zero-order chi connectivity index (χ0) is 23.9. The number of carbonyl (C=O) groups excluding carboxylic acids is 2. The molecule has 0 bridgehead atoms. The third kappa shape index (κ3) is 6.18. The average Bonchev–Trinajstić information content (AvgIpc) is 3.39. The van der Waals surface area contributed by atoms with E-state index in [1.54, 1.807) is 40.1 Å². The number of anilines is 1. The lowest BCUT2D eigenvalue weighted by Gasteiger charge is -2.35. The Labute approximate surface area is 201 Å². The molecule has 1 aliphatic heterocycles. The van der Waals surface area contributed by atoms with Crippen LogP contribution >= 0.6 is 11.3 Å². The molecule has 1 fully saturated rings. The third-order valence-corrected chi connectivity index (χ3v) is 6.62. The molecule has 1 aliphatic rings. The van der Waals surface area contributed by atoms with Crippen molar-refractivity contribution < 1.29 is 18.4 Å². The molecule has 3 aromatic rings. The molecule has 2 heterocycles. The van der Waals surface area contributed by atoms with E-state index in [4.69, 9.17) is 0 Å². The predicted octanol–water partition coefficient (Wildman–Crippen LogP) is 4.52. The first-order chi connectivity index (χ1) is 16.5. The van der Waals surface area contributed by atoms with Crippen molar-refractivity contribution in [3.05, 3.63) is 88.1 Å². The summed E-state index contributed by atoms with van der Waals surface area (Å²) >= 11 is 1.40. The minimum atomic E-state index is -0.467. The molecule has 1 saturated heterocycles. The Hall–Kier alpha value is -3.30. The van der Waals surface area contributed by atoms with Crippen molar-refractivity contribution in [1.29, 1.82) is 0 Å². The Morgan fingerprint density at radius 1 is 0.941 bits per heavy atom. The minimum absolute atomic E-state index is 0.0535. The first kappa shape index (κ1) is 23.8. The van der Waals surface area contributed by atoms with Crippen LogP contribution in [0.5, 0.6) is 0 Å². The molecule has 0 aliphatic carbocycles. The maximum Gasteiger partial charge on any atom is 0.322 e. The molecule has 0 unspecified atom stereocenters. The van der Waals surface area contributed by atoms with Gasteiger partial charge in [0.15, 0.2) is 0 Å². The lowest BCUT2D eigenvalue weighted by molar-refractivity contribution is 0.0709. The summed E-state index contributed by atoms with van der Waals surface area (Å²) in [5.74, 6) is -0.829. The Kier molecular flexibility index (Phi) is 7.87. The van der Waals surface area contributed by atoms with Crippen molar-refractivity contribution in [1.82, 2.24) is 14.7 Å². The normalized spacial score (nSPS) is 14.1. The SMILES string of the molecule is O=C(Nc1ccccc1F)N1CCN(CCN(Cc2ccc(F)cc2)C(=O)c2cccs2)CC1. The molecule has 4 rings (SSSR count). The number of nitrogens with one attached hydrogen (secondary N) is 1. The van der Waals surface area contributed by atoms with Crippen LogP contribution in [-0.4, -0.2) is 65.9 Å². The fraction of sp³-hybridized carbons (Fsp3) is 0.280. The number of hydrogen-bond acceptors (Lipinski definition) is 4. The van der Waals surface area contributed by atoms with Crippen LogP contribution in [0.25, 0.3) is 0 Å². The number of para-hydroxylation sites is 1. The van der Waals surface area contributed by atoms with E-state index in [0.717, 1.165) is 5.56 Å². The lowest BCUT2D eigenvalue weighted by Crippen LogP contribution is -2.51. The van der Waals surface area contributed by atoms with E-state index in [1.165, 1.54) is 35.6 Å². The predicted molar refractivity (Wildman–Crippen MR) is 129 cm³/mol. The fourth-order valence-electron chi connectivity index (χ4n) is 3.81. The van der Waals surface area contributed by atoms with Gasteiger partial charge in [0.1, 0.15) is 11.6 Å². The van der Waals surface area contributed by atoms with Gasteiger partial charge >= 0.3 is 6.03 Å². The molecule has 2 aromatic carbocycles. The molecule has 1 N–H and O–H groups in total. The highest BCUT2D eigenvalue weighted by atomic mass is 32.1. The maximum atomic E-state index is 13.8. The molecule has 0 saturated carbocycles. The molecular weight excluding hydrogens is 458 g/mol. The zero-order valence-corrected chi connectivity index (χ0v) is 19.4. The van der Waals surface area contributed by atoms with E-state index >= 15 is 0 Å². The number of thiophene rings is 1. The summed E-state index contributed by atoms with van der Waals surface area (Å²) in [4.78, 5) is 31.8. The van der Waals surface area contributed by atoms with E-state index in [0.29, 0.717) is 50.7 Å². The second-order valence-electron chi connectivity index (χ2n) is 8.07. The number of benzene rings is 2. The summed E-state index contributed by atoms with van der Waals surface area (Å²) < 4.78 is 27.1. The van der Waals surface area contributed by atoms with E-state index in [2.05, 4.69) is 10.2 Å². The molecular formula is C25H26F2N4O2S. The van der Waals surface area contributed by atoms with Crippen LogP contribution in [0.1, 0.15) is 15.2 Å². The summed E-state index contributed by atoms with van der Waals surface area (Å²) in [6, 6.07) is 15.6. The van der Waals surface area contributed by atoms with Crippen LogP contribution in [0.3, 0.4) is 0 Å². The van der Waals surface area contributed by atoms with Gasteiger partial charge in [0.05, 0.1) is 10.6 Å². The van der Waals surface area contributed by atoms with Gasteiger partial charge < -0.3 is 15.1 Å². The maximum absolute atomic E-state index is 13.8. The van der Waals surface area contributed by atoms with Crippen molar-refractivity contribution in [3.8, 4) is 0 Å². The Balaban J connectivity index is 1.31. The molecule has 0 radical (unpaired) electrons. The van der Waals surface area contributed by atoms with Crippen molar-refractivity contribution in [3.63, 3.8) is 0 Å². The summed E-state index contributed by atoms with van der Waals surface area (Å²) in [6.07, 6.45) is 0. The second kappa shape index (κ2) is 11.2. The number of rotatable bonds is 7. The van der Waals surface area contributed by atoms with E-state index in [9.17, 15) is 18.4 Å². The largest absolute Gasteiger partial charge is 0.332 e. The monoisotopic (exact) mass is 484 g/mol. The number of urea groups is 1. The first-order valence-electron chi connectivity index (χ1n) is 11.1. The Morgan fingerprint density at radius 3 is 2.35 bits per heavy atom. The first-order valence-corrected chi connectivity index (χ1v) is 12.0. The smallest absolute Gasteiger partial charge is 0.322 e. The van der Waals surface area contributed by atoms with Gasteiger partial charge in [0, 0.05) is 45.8 Å². The van der Waals surface area contributed by atoms with Gasteiger partial charge in [0.25, 0.3) is 5.91 Å². The molecule has 1 aromatic heterocycles. The molecule has 0 atom stereocenters. The minimum Gasteiger partial charge on any atom is -0.332 e. The van der Waals surface area contributed by atoms with Crippen LogP contribution in [0, 0.1) is 11.6 Å².